The molecule has 0 N–H and O–H groups in total. The molecule has 3 aliphatic rings. The SMILES string of the molecule is COC(=O)[C@H]1C[C@@H]2C=C(F)[C@H]1OC2=O. The summed E-state index contributed by atoms with van der Waals surface area (Å²) in [5.74, 6) is -2.86. The summed E-state index contributed by atoms with van der Waals surface area (Å²) in [5, 5.41) is 0. The van der Waals surface area contributed by atoms with Crippen molar-refractivity contribution >= 4 is 11.9 Å². The number of methoxy groups -OCH3 is 1. The maximum Gasteiger partial charge on any atom is 0.313 e. The molecule has 1 aliphatic carbocycles. The minimum absolute atomic E-state index is 0.281. The van der Waals surface area contributed by atoms with Crippen LogP contribution in [0.5, 0.6) is 0 Å². The van der Waals surface area contributed by atoms with Gasteiger partial charge in [0.25, 0.3) is 0 Å². The fourth-order valence-corrected chi connectivity index (χ4v) is 1.83. The van der Waals surface area contributed by atoms with Crippen molar-refractivity contribution in [2.45, 2.75) is 12.5 Å². The molecule has 1 saturated heterocycles. The Morgan fingerprint density at radius 2 is 2.43 bits per heavy atom. The molecule has 0 amide bonds. The van der Waals surface area contributed by atoms with E-state index in [-0.39, 0.29) is 6.42 Å². The van der Waals surface area contributed by atoms with Crippen molar-refractivity contribution in [3.63, 3.8) is 0 Å². The summed E-state index contributed by atoms with van der Waals surface area (Å²) in [6, 6.07) is 0. The highest BCUT2D eigenvalue weighted by Gasteiger charge is 2.47. The van der Waals surface area contributed by atoms with E-state index in [9.17, 15) is 14.0 Å². The molecule has 2 bridgehead atoms. The minimum Gasteiger partial charge on any atom is -0.469 e. The van der Waals surface area contributed by atoms with Gasteiger partial charge in [-0.25, -0.2) is 4.39 Å². The summed E-state index contributed by atoms with van der Waals surface area (Å²) in [7, 11) is 1.23. The lowest BCUT2D eigenvalue weighted by molar-refractivity contribution is -0.172. The molecule has 0 aromatic carbocycles. The number of rotatable bonds is 1. The van der Waals surface area contributed by atoms with E-state index >= 15 is 0 Å². The Morgan fingerprint density at radius 1 is 1.71 bits per heavy atom. The summed E-state index contributed by atoms with van der Waals surface area (Å²) >= 11 is 0. The van der Waals surface area contributed by atoms with Crippen molar-refractivity contribution in [2.24, 2.45) is 11.8 Å². The van der Waals surface area contributed by atoms with Crippen LogP contribution in [0.15, 0.2) is 11.9 Å². The van der Waals surface area contributed by atoms with Crippen LogP contribution in [-0.4, -0.2) is 25.2 Å². The minimum atomic E-state index is -1.07. The maximum absolute atomic E-state index is 13.2. The standard InChI is InChI=1S/C9H9FO4/c1-13-9(12)5-2-4-3-6(10)7(5)14-8(4)11/h3-5,7H,2H2,1H3/t4-,5+,7+/m1/s1. The van der Waals surface area contributed by atoms with E-state index in [1.807, 2.05) is 0 Å². The number of hydrogen-bond donors (Lipinski definition) is 0. The van der Waals surface area contributed by atoms with Crippen LogP contribution in [-0.2, 0) is 19.1 Å². The molecule has 0 aromatic rings. The van der Waals surface area contributed by atoms with E-state index in [1.165, 1.54) is 13.2 Å². The highest BCUT2D eigenvalue weighted by atomic mass is 19.1. The van der Waals surface area contributed by atoms with E-state index in [0.717, 1.165) is 0 Å². The first kappa shape index (κ1) is 9.18. The molecule has 5 heteroatoms. The third-order valence-electron chi connectivity index (χ3n) is 2.56. The smallest absolute Gasteiger partial charge is 0.313 e. The molecule has 0 unspecified atom stereocenters. The van der Waals surface area contributed by atoms with Gasteiger partial charge in [0, 0.05) is 0 Å². The van der Waals surface area contributed by atoms with Gasteiger partial charge in [0.1, 0.15) is 11.7 Å². The first-order valence-corrected chi connectivity index (χ1v) is 4.29. The summed E-state index contributed by atoms with van der Waals surface area (Å²) < 4.78 is 22.4. The van der Waals surface area contributed by atoms with Crippen LogP contribution in [0.2, 0.25) is 0 Å². The number of carbonyl (C=O) groups is 2. The van der Waals surface area contributed by atoms with Gasteiger partial charge in [-0.2, -0.15) is 0 Å². The quantitative estimate of drug-likeness (QED) is 0.581. The number of halogens is 1. The van der Waals surface area contributed by atoms with E-state index < -0.39 is 35.7 Å². The van der Waals surface area contributed by atoms with E-state index in [1.54, 1.807) is 0 Å². The first-order chi connectivity index (χ1) is 6.63. The lowest BCUT2D eigenvalue weighted by atomic mass is 9.81. The molecule has 0 radical (unpaired) electrons. The molecule has 14 heavy (non-hydrogen) atoms. The van der Waals surface area contributed by atoms with Gasteiger partial charge >= 0.3 is 11.9 Å². The first-order valence-electron chi connectivity index (χ1n) is 4.29. The average Bonchev–Trinajstić information content (AvgIpc) is 2.18. The normalized spacial score (nSPS) is 34.9. The zero-order valence-electron chi connectivity index (χ0n) is 7.53. The van der Waals surface area contributed by atoms with Gasteiger partial charge in [0.05, 0.1) is 13.0 Å². The monoisotopic (exact) mass is 200 g/mol. The molecule has 76 valence electrons. The second-order valence-electron chi connectivity index (χ2n) is 3.38. The topological polar surface area (TPSA) is 52.6 Å². The predicted molar refractivity (Wildman–Crippen MR) is 42.7 cm³/mol. The number of ether oxygens (including phenoxy) is 2. The molecule has 0 saturated carbocycles. The van der Waals surface area contributed by atoms with Gasteiger partial charge in [-0.05, 0) is 12.5 Å². The Balaban J connectivity index is 2.25. The zero-order valence-corrected chi connectivity index (χ0v) is 7.53. The third-order valence-corrected chi connectivity index (χ3v) is 2.56. The molecular weight excluding hydrogens is 191 g/mol. The maximum atomic E-state index is 13.2. The van der Waals surface area contributed by atoms with Gasteiger partial charge in [0.2, 0.25) is 0 Å². The Bertz CT molecular complexity index is 323. The van der Waals surface area contributed by atoms with E-state index in [4.69, 9.17) is 4.74 Å². The van der Waals surface area contributed by atoms with Crippen LogP contribution in [0.25, 0.3) is 0 Å². The van der Waals surface area contributed by atoms with Gasteiger partial charge < -0.3 is 9.47 Å². The van der Waals surface area contributed by atoms with Crippen LogP contribution in [0.1, 0.15) is 6.42 Å². The summed E-state index contributed by atoms with van der Waals surface area (Å²) in [5.41, 5.74) is 0. The van der Waals surface area contributed by atoms with Gasteiger partial charge in [-0.15, -0.1) is 0 Å². The van der Waals surface area contributed by atoms with E-state index in [2.05, 4.69) is 4.74 Å². The van der Waals surface area contributed by atoms with Crippen LogP contribution in [0.4, 0.5) is 4.39 Å². The second kappa shape index (κ2) is 3.08. The molecule has 1 fully saturated rings. The molecule has 0 spiro atoms. The zero-order chi connectivity index (χ0) is 10.3. The summed E-state index contributed by atoms with van der Waals surface area (Å²) in [4.78, 5) is 22.3. The molecule has 0 aromatic heterocycles. The molecular formula is C9H9FO4. The number of carbonyl (C=O) groups excluding carboxylic acids is 2. The van der Waals surface area contributed by atoms with Crippen molar-refractivity contribution in [1.29, 1.82) is 0 Å². The number of hydrogen-bond acceptors (Lipinski definition) is 4. The fraction of sp³-hybridized carbons (Fsp3) is 0.556. The Morgan fingerprint density at radius 3 is 3.00 bits per heavy atom. The Kier molecular flexibility index (Phi) is 2.02. The largest absolute Gasteiger partial charge is 0.469 e. The van der Waals surface area contributed by atoms with Crippen LogP contribution < -0.4 is 0 Å². The van der Waals surface area contributed by atoms with Crippen molar-refractivity contribution in [2.75, 3.05) is 7.11 Å². The van der Waals surface area contributed by atoms with Gasteiger partial charge in [-0.3, -0.25) is 9.59 Å². The van der Waals surface area contributed by atoms with Crippen LogP contribution in [0, 0.1) is 11.8 Å². The van der Waals surface area contributed by atoms with Crippen molar-refractivity contribution < 1.29 is 23.5 Å². The fourth-order valence-electron chi connectivity index (χ4n) is 1.83. The van der Waals surface area contributed by atoms with Gasteiger partial charge in [0.15, 0.2) is 6.10 Å². The molecule has 3 rings (SSSR count). The van der Waals surface area contributed by atoms with E-state index in [0.29, 0.717) is 0 Å². The summed E-state index contributed by atoms with van der Waals surface area (Å²) in [6.45, 7) is 0. The molecule has 4 nitrogen and oxygen atoms in total. The Labute approximate surface area is 79.7 Å². The lowest BCUT2D eigenvalue weighted by Crippen LogP contribution is -2.46. The number of fused-ring (bicyclic) bond motifs is 2. The van der Waals surface area contributed by atoms with Crippen LogP contribution in [0.3, 0.4) is 0 Å². The van der Waals surface area contributed by atoms with Crippen molar-refractivity contribution in [1.82, 2.24) is 0 Å². The molecule has 3 atom stereocenters. The highest BCUT2D eigenvalue weighted by molar-refractivity contribution is 5.82. The van der Waals surface area contributed by atoms with Gasteiger partial charge in [-0.1, -0.05) is 0 Å². The summed E-state index contributed by atoms with van der Waals surface area (Å²) in [6.07, 6.45) is 0.430. The predicted octanol–water partition coefficient (Wildman–Crippen LogP) is 0.574. The van der Waals surface area contributed by atoms with Crippen molar-refractivity contribution in [3.05, 3.63) is 11.9 Å². The van der Waals surface area contributed by atoms with Crippen LogP contribution >= 0.6 is 0 Å². The number of esters is 2. The molecule has 2 aliphatic heterocycles. The highest BCUT2D eigenvalue weighted by Crippen LogP contribution is 2.38. The second-order valence-corrected chi connectivity index (χ2v) is 3.38. The third kappa shape index (κ3) is 1.20. The average molecular weight is 200 g/mol. The van der Waals surface area contributed by atoms with Crippen molar-refractivity contribution in [3.8, 4) is 0 Å². The Hall–Kier alpha value is -1.39. The molecule has 2 heterocycles. The lowest BCUT2D eigenvalue weighted by Gasteiger charge is -2.36.